The lowest BCUT2D eigenvalue weighted by atomic mass is 10.1. The Labute approximate surface area is 107 Å². The lowest BCUT2D eigenvalue weighted by molar-refractivity contribution is -0.145. The number of aryl methyl sites for hydroxylation is 1. The summed E-state index contributed by atoms with van der Waals surface area (Å²) in [6.45, 7) is 5.35. The first kappa shape index (κ1) is 14.2. The first-order valence-electron chi connectivity index (χ1n) is 5.97. The first-order valence-corrected chi connectivity index (χ1v) is 5.97. The van der Waals surface area contributed by atoms with Gasteiger partial charge in [0.25, 0.3) is 0 Å². The number of carbonyl (C=O) groups excluding carboxylic acids is 1. The molecule has 0 bridgehead atoms. The van der Waals surface area contributed by atoms with Crippen LogP contribution in [0.2, 0.25) is 0 Å². The molecule has 4 heteroatoms. The van der Waals surface area contributed by atoms with E-state index in [-0.39, 0.29) is 24.9 Å². The summed E-state index contributed by atoms with van der Waals surface area (Å²) in [4.78, 5) is 24.2. The zero-order valence-electron chi connectivity index (χ0n) is 11.0. The largest absolute Gasteiger partial charge is 0.480 e. The molecular weight excluding hydrogens is 230 g/mol. The topological polar surface area (TPSA) is 57.6 Å². The molecule has 0 spiro atoms. The maximum absolute atomic E-state index is 12.1. The van der Waals surface area contributed by atoms with Crippen LogP contribution in [-0.4, -0.2) is 34.5 Å². The van der Waals surface area contributed by atoms with Gasteiger partial charge in [-0.15, -0.1) is 0 Å². The number of carbonyl (C=O) groups is 2. The molecule has 0 unspecified atom stereocenters. The smallest absolute Gasteiger partial charge is 0.323 e. The molecule has 4 nitrogen and oxygen atoms in total. The zero-order chi connectivity index (χ0) is 13.7. The lowest BCUT2D eigenvalue weighted by Gasteiger charge is -2.25. The Balaban J connectivity index is 2.75. The highest BCUT2D eigenvalue weighted by molar-refractivity contribution is 5.83. The number of aliphatic carboxylic acids is 1. The minimum absolute atomic E-state index is 0.113. The number of amides is 1. The van der Waals surface area contributed by atoms with Gasteiger partial charge in [0.2, 0.25) is 5.91 Å². The van der Waals surface area contributed by atoms with Gasteiger partial charge < -0.3 is 10.0 Å². The molecule has 1 aromatic carbocycles. The van der Waals surface area contributed by atoms with E-state index in [4.69, 9.17) is 5.11 Å². The summed E-state index contributed by atoms with van der Waals surface area (Å²) in [5.41, 5.74) is 2.01. The Bertz CT molecular complexity index is 440. The molecule has 0 saturated carbocycles. The van der Waals surface area contributed by atoms with Crippen molar-refractivity contribution >= 4 is 11.9 Å². The van der Waals surface area contributed by atoms with Gasteiger partial charge in [-0.25, -0.2) is 0 Å². The minimum atomic E-state index is -0.985. The third kappa shape index (κ3) is 4.20. The SMILES string of the molecule is Cc1cccc(CC(=O)N(CC(=O)O)C(C)C)c1. The van der Waals surface area contributed by atoms with Crippen molar-refractivity contribution in [2.45, 2.75) is 33.2 Å². The Morgan fingerprint density at radius 1 is 1.33 bits per heavy atom. The van der Waals surface area contributed by atoms with Crippen LogP contribution in [0, 0.1) is 6.92 Å². The van der Waals surface area contributed by atoms with Gasteiger partial charge in [-0.3, -0.25) is 9.59 Å². The molecule has 0 heterocycles. The Kier molecular flexibility index (Phi) is 4.89. The highest BCUT2D eigenvalue weighted by Crippen LogP contribution is 2.08. The van der Waals surface area contributed by atoms with E-state index in [1.807, 2.05) is 45.0 Å². The molecule has 0 aliphatic heterocycles. The predicted molar refractivity (Wildman–Crippen MR) is 69.4 cm³/mol. The van der Waals surface area contributed by atoms with Crippen LogP contribution < -0.4 is 0 Å². The third-order valence-electron chi connectivity index (χ3n) is 2.69. The highest BCUT2D eigenvalue weighted by Gasteiger charge is 2.19. The van der Waals surface area contributed by atoms with E-state index >= 15 is 0 Å². The van der Waals surface area contributed by atoms with E-state index in [1.54, 1.807) is 0 Å². The van der Waals surface area contributed by atoms with Gasteiger partial charge in [-0.1, -0.05) is 29.8 Å². The second-order valence-electron chi connectivity index (χ2n) is 4.67. The maximum atomic E-state index is 12.1. The normalized spacial score (nSPS) is 10.4. The summed E-state index contributed by atoms with van der Waals surface area (Å²) < 4.78 is 0. The zero-order valence-corrected chi connectivity index (χ0v) is 11.0. The van der Waals surface area contributed by atoms with E-state index in [9.17, 15) is 9.59 Å². The van der Waals surface area contributed by atoms with Crippen molar-refractivity contribution in [1.82, 2.24) is 4.90 Å². The average Bonchev–Trinajstić information content (AvgIpc) is 2.25. The fraction of sp³-hybridized carbons (Fsp3) is 0.429. The fourth-order valence-corrected chi connectivity index (χ4v) is 1.80. The number of nitrogens with zero attached hydrogens (tertiary/aromatic N) is 1. The van der Waals surface area contributed by atoms with Crippen molar-refractivity contribution in [2.75, 3.05) is 6.54 Å². The lowest BCUT2D eigenvalue weighted by Crippen LogP contribution is -2.41. The summed E-state index contributed by atoms with van der Waals surface area (Å²) in [7, 11) is 0. The van der Waals surface area contributed by atoms with Gasteiger partial charge in [0.05, 0.1) is 6.42 Å². The monoisotopic (exact) mass is 249 g/mol. The average molecular weight is 249 g/mol. The van der Waals surface area contributed by atoms with E-state index in [2.05, 4.69) is 0 Å². The van der Waals surface area contributed by atoms with Gasteiger partial charge in [0.15, 0.2) is 0 Å². The van der Waals surface area contributed by atoms with E-state index in [1.165, 1.54) is 4.90 Å². The maximum Gasteiger partial charge on any atom is 0.323 e. The van der Waals surface area contributed by atoms with Gasteiger partial charge in [0.1, 0.15) is 6.54 Å². The second-order valence-corrected chi connectivity index (χ2v) is 4.67. The van der Waals surface area contributed by atoms with Crippen LogP contribution >= 0.6 is 0 Å². The standard InChI is InChI=1S/C14H19NO3/c1-10(2)15(9-14(17)18)13(16)8-12-6-4-5-11(3)7-12/h4-7,10H,8-9H2,1-3H3,(H,17,18). The van der Waals surface area contributed by atoms with Crippen molar-refractivity contribution in [3.05, 3.63) is 35.4 Å². The number of carboxylic acid groups (broad SMARTS) is 1. The van der Waals surface area contributed by atoms with E-state index < -0.39 is 5.97 Å². The van der Waals surface area contributed by atoms with Crippen molar-refractivity contribution in [3.63, 3.8) is 0 Å². The molecule has 18 heavy (non-hydrogen) atoms. The van der Waals surface area contributed by atoms with Gasteiger partial charge in [0, 0.05) is 6.04 Å². The molecule has 0 aliphatic rings. The molecule has 0 radical (unpaired) electrons. The van der Waals surface area contributed by atoms with Crippen LogP contribution in [0.1, 0.15) is 25.0 Å². The molecule has 0 saturated heterocycles. The summed E-state index contributed by atoms with van der Waals surface area (Å²) >= 11 is 0. The van der Waals surface area contributed by atoms with Gasteiger partial charge in [-0.2, -0.15) is 0 Å². The van der Waals surface area contributed by atoms with Crippen LogP contribution in [0.4, 0.5) is 0 Å². The Morgan fingerprint density at radius 2 is 2.00 bits per heavy atom. The predicted octanol–water partition coefficient (Wildman–Crippen LogP) is 1.86. The number of hydrogen-bond donors (Lipinski definition) is 1. The Morgan fingerprint density at radius 3 is 2.50 bits per heavy atom. The van der Waals surface area contributed by atoms with E-state index in [0.717, 1.165) is 11.1 Å². The van der Waals surface area contributed by atoms with E-state index in [0.29, 0.717) is 0 Å². The molecule has 1 rings (SSSR count). The molecule has 0 atom stereocenters. The summed E-state index contributed by atoms with van der Waals surface area (Å²) in [5.74, 6) is -1.14. The van der Waals surface area contributed by atoms with Crippen LogP contribution in [0.3, 0.4) is 0 Å². The molecule has 0 fully saturated rings. The van der Waals surface area contributed by atoms with Crippen LogP contribution in [0.25, 0.3) is 0 Å². The fourth-order valence-electron chi connectivity index (χ4n) is 1.80. The van der Waals surface area contributed by atoms with Crippen LogP contribution in [0.15, 0.2) is 24.3 Å². The molecular formula is C14H19NO3. The minimum Gasteiger partial charge on any atom is -0.480 e. The van der Waals surface area contributed by atoms with Crippen molar-refractivity contribution in [3.8, 4) is 0 Å². The second kappa shape index (κ2) is 6.19. The van der Waals surface area contributed by atoms with Crippen LogP contribution in [-0.2, 0) is 16.0 Å². The number of benzene rings is 1. The van der Waals surface area contributed by atoms with Crippen molar-refractivity contribution in [1.29, 1.82) is 0 Å². The number of rotatable bonds is 5. The first-order chi connectivity index (χ1) is 8.40. The van der Waals surface area contributed by atoms with Crippen LogP contribution in [0.5, 0.6) is 0 Å². The van der Waals surface area contributed by atoms with Gasteiger partial charge >= 0.3 is 5.97 Å². The van der Waals surface area contributed by atoms with Gasteiger partial charge in [-0.05, 0) is 26.3 Å². The summed E-state index contributed by atoms with van der Waals surface area (Å²) in [5, 5.41) is 8.80. The molecule has 1 amide bonds. The Hall–Kier alpha value is -1.84. The molecule has 1 aromatic rings. The number of carboxylic acids is 1. The highest BCUT2D eigenvalue weighted by atomic mass is 16.4. The molecule has 98 valence electrons. The molecule has 0 aromatic heterocycles. The van der Waals surface area contributed by atoms with Crippen molar-refractivity contribution in [2.24, 2.45) is 0 Å². The summed E-state index contributed by atoms with van der Waals surface area (Å²) in [6, 6.07) is 7.57. The quantitative estimate of drug-likeness (QED) is 0.866. The van der Waals surface area contributed by atoms with Crippen molar-refractivity contribution < 1.29 is 14.7 Å². The molecule has 0 aliphatic carbocycles. The number of hydrogen-bond acceptors (Lipinski definition) is 2. The molecule has 1 N–H and O–H groups in total. The third-order valence-corrected chi connectivity index (χ3v) is 2.69. The summed E-state index contributed by atoms with van der Waals surface area (Å²) in [6.07, 6.45) is 0.243.